The Morgan fingerprint density at radius 1 is 1.38 bits per heavy atom. The van der Waals surface area contributed by atoms with E-state index in [1.54, 1.807) is 0 Å². The minimum Gasteiger partial charge on any atom is -0.353 e. The summed E-state index contributed by atoms with van der Waals surface area (Å²) in [7, 11) is 0. The van der Waals surface area contributed by atoms with Crippen LogP contribution in [0.2, 0.25) is 0 Å². The first-order chi connectivity index (χ1) is 10.1. The van der Waals surface area contributed by atoms with Crippen LogP contribution >= 0.6 is 0 Å². The molecule has 0 aromatic heterocycles. The van der Waals surface area contributed by atoms with Crippen molar-refractivity contribution in [1.29, 1.82) is 0 Å². The lowest BCUT2D eigenvalue weighted by Crippen LogP contribution is -2.56. The van der Waals surface area contributed by atoms with Gasteiger partial charge in [-0.25, -0.2) is 5.06 Å². The third-order valence-corrected chi connectivity index (χ3v) is 3.82. The minimum absolute atomic E-state index is 0.0613. The van der Waals surface area contributed by atoms with Crippen LogP contribution in [-0.2, 0) is 14.4 Å². The summed E-state index contributed by atoms with van der Waals surface area (Å²) in [6, 6.07) is -0.396. The number of amides is 2. The van der Waals surface area contributed by atoms with Crippen LogP contribution in [0.25, 0.3) is 0 Å². The molecule has 2 amide bonds. The molecule has 2 fully saturated rings. The fourth-order valence-electron chi connectivity index (χ4n) is 2.56. The van der Waals surface area contributed by atoms with Crippen molar-refractivity contribution in [3.8, 4) is 0 Å². The molecule has 1 N–H and O–H groups in total. The van der Waals surface area contributed by atoms with Gasteiger partial charge in [0.25, 0.3) is 0 Å². The van der Waals surface area contributed by atoms with Crippen molar-refractivity contribution >= 4 is 11.8 Å². The van der Waals surface area contributed by atoms with Crippen molar-refractivity contribution in [1.82, 2.24) is 15.3 Å². The van der Waals surface area contributed by atoms with Gasteiger partial charge >= 0.3 is 0 Å². The van der Waals surface area contributed by atoms with Crippen LogP contribution in [0.15, 0.2) is 11.6 Å². The number of hydrogen-bond acceptors (Lipinski definition) is 4. The monoisotopic (exact) mass is 295 g/mol. The minimum atomic E-state index is -0.396. The van der Waals surface area contributed by atoms with Crippen molar-refractivity contribution in [2.75, 3.05) is 32.8 Å². The molecule has 0 aromatic rings. The number of nitrogens with one attached hydrogen (secondary N) is 1. The summed E-state index contributed by atoms with van der Waals surface area (Å²) < 4.78 is 0. The highest BCUT2D eigenvalue weighted by Gasteiger charge is 2.33. The topological polar surface area (TPSA) is 61.9 Å². The Labute approximate surface area is 126 Å². The molecule has 0 aromatic carbocycles. The molecule has 0 saturated carbocycles. The Bertz CT molecular complexity index is 412. The third-order valence-electron chi connectivity index (χ3n) is 3.82. The van der Waals surface area contributed by atoms with Crippen LogP contribution in [-0.4, -0.2) is 60.6 Å². The first kappa shape index (κ1) is 16.0. The Hall–Kier alpha value is -1.40. The summed E-state index contributed by atoms with van der Waals surface area (Å²) in [5.74, 6) is -0.160. The Morgan fingerprint density at radius 2 is 2.19 bits per heavy atom. The van der Waals surface area contributed by atoms with Crippen molar-refractivity contribution < 1.29 is 14.4 Å². The number of hydrogen-bond donors (Lipinski definition) is 1. The normalized spacial score (nSPS) is 23.6. The second-order valence-electron chi connectivity index (χ2n) is 5.82. The number of carbonyl (C=O) groups excluding carboxylic acids is 2. The predicted octanol–water partition coefficient (Wildman–Crippen LogP) is 0.697. The van der Waals surface area contributed by atoms with Gasteiger partial charge in [-0.2, -0.15) is 0 Å². The maximum atomic E-state index is 12.3. The van der Waals surface area contributed by atoms with Gasteiger partial charge in [0.15, 0.2) is 0 Å². The lowest BCUT2D eigenvalue weighted by Gasteiger charge is -2.35. The summed E-state index contributed by atoms with van der Waals surface area (Å²) in [6.45, 7) is 7.39. The van der Waals surface area contributed by atoms with E-state index in [4.69, 9.17) is 4.84 Å². The molecule has 2 aliphatic rings. The molecule has 2 rings (SSSR count). The standard InChI is InChI=1S/C15H25N3O3/c1-12(2)5-8-17-9-6-16-15(20)13(17)11-14(19)18-7-3-4-10-21-18/h5,13H,3-4,6-11H2,1-2H3,(H,16,20). The molecule has 21 heavy (non-hydrogen) atoms. The molecule has 1 atom stereocenters. The smallest absolute Gasteiger partial charge is 0.248 e. The zero-order chi connectivity index (χ0) is 15.2. The molecule has 0 radical (unpaired) electrons. The van der Waals surface area contributed by atoms with Crippen LogP contribution in [0.5, 0.6) is 0 Å². The zero-order valence-electron chi connectivity index (χ0n) is 12.9. The van der Waals surface area contributed by atoms with Crippen molar-refractivity contribution in [3.05, 3.63) is 11.6 Å². The molecule has 2 aliphatic heterocycles. The summed E-state index contributed by atoms with van der Waals surface area (Å²) >= 11 is 0. The molecular weight excluding hydrogens is 270 g/mol. The second-order valence-corrected chi connectivity index (χ2v) is 5.82. The number of allylic oxidation sites excluding steroid dienone is 1. The fourth-order valence-corrected chi connectivity index (χ4v) is 2.56. The van der Waals surface area contributed by atoms with Crippen molar-refractivity contribution in [2.45, 2.75) is 39.2 Å². The zero-order valence-corrected chi connectivity index (χ0v) is 12.9. The van der Waals surface area contributed by atoms with Gasteiger partial charge in [-0.3, -0.25) is 19.3 Å². The van der Waals surface area contributed by atoms with Gasteiger partial charge in [0.2, 0.25) is 11.8 Å². The Balaban J connectivity index is 1.97. The van der Waals surface area contributed by atoms with E-state index in [2.05, 4.69) is 16.3 Å². The molecule has 1 unspecified atom stereocenters. The van der Waals surface area contributed by atoms with E-state index in [0.717, 1.165) is 19.4 Å². The Kier molecular flexibility index (Phi) is 5.76. The van der Waals surface area contributed by atoms with Crippen LogP contribution < -0.4 is 5.32 Å². The third kappa shape index (κ3) is 4.54. The van der Waals surface area contributed by atoms with Gasteiger partial charge in [-0.05, 0) is 26.7 Å². The largest absolute Gasteiger partial charge is 0.353 e. The highest BCUT2D eigenvalue weighted by molar-refractivity contribution is 5.88. The van der Waals surface area contributed by atoms with Crippen molar-refractivity contribution in [3.63, 3.8) is 0 Å². The summed E-state index contributed by atoms with van der Waals surface area (Å²) in [6.07, 6.45) is 4.22. The summed E-state index contributed by atoms with van der Waals surface area (Å²) in [5.41, 5.74) is 1.21. The lowest BCUT2D eigenvalue weighted by atomic mass is 10.1. The molecule has 2 saturated heterocycles. The second kappa shape index (κ2) is 7.56. The molecule has 0 bridgehead atoms. The molecule has 6 heteroatoms. The maximum Gasteiger partial charge on any atom is 0.248 e. The molecule has 0 aliphatic carbocycles. The van der Waals surface area contributed by atoms with Gasteiger partial charge < -0.3 is 5.32 Å². The van der Waals surface area contributed by atoms with Crippen LogP contribution in [0.1, 0.15) is 33.1 Å². The van der Waals surface area contributed by atoms with E-state index >= 15 is 0 Å². The average Bonchev–Trinajstić information content (AvgIpc) is 2.48. The first-order valence-electron chi connectivity index (χ1n) is 7.66. The van der Waals surface area contributed by atoms with E-state index in [1.165, 1.54) is 10.6 Å². The number of hydroxylamine groups is 2. The molecule has 118 valence electrons. The summed E-state index contributed by atoms with van der Waals surface area (Å²) in [5, 5.41) is 4.27. The van der Waals surface area contributed by atoms with Gasteiger partial charge in [-0.1, -0.05) is 11.6 Å². The molecule has 6 nitrogen and oxygen atoms in total. The van der Waals surface area contributed by atoms with Crippen LogP contribution in [0, 0.1) is 0 Å². The predicted molar refractivity (Wildman–Crippen MR) is 79.3 cm³/mol. The highest BCUT2D eigenvalue weighted by atomic mass is 16.7. The quantitative estimate of drug-likeness (QED) is 0.776. The highest BCUT2D eigenvalue weighted by Crippen LogP contribution is 2.14. The fraction of sp³-hybridized carbons (Fsp3) is 0.733. The number of piperazine rings is 1. The van der Waals surface area contributed by atoms with Crippen LogP contribution in [0.3, 0.4) is 0 Å². The van der Waals surface area contributed by atoms with Gasteiger partial charge in [0.05, 0.1) is 19.1 Å². The number of carbonyl (C=O) groups is 2. The van der Waals surface area contributed by atoms with E-state index in [1.807, 2.05) is 13.8 Å². The Morgan fingerprint density at radius 3 is 2.86 bits per heavy atom. The number of nitrogens with zero attached hydrogens (tertiary/aromatic N) is 2. The molecular formula is C15H25N3O3. The SMILES string of the molecule is CC(C)=CCN1CCNC(=O)C1CC(=O)N1CCCCO1. The molecule has 0 spiro atoms. The van der Waals surface area contributed by atoms with Gasteiger partial charge in [0.1, 0.15) is 0 Å². The van der Waals surface area contributed by atoms with E-state index < -0.39 is 6.04 Å². The number of rotatable bonds is 4. The maximum absolute atomic E-state index is 12.3. The van der Waals surface area contributed by atoms with Crippen molar-refractivity contribution in [2.24, 2.45) is 0 Å². The van der Waals surface area contributed by atoms with Gasteiger partial charge in [0, 0.05) is 26.2 Å². The molecule has 2 heterocycles. The summed E-state index contributed by atoms with van der Waals surface area (Å²) in [4.78, 5) is 31.8. The van der Waals surface area contributed by atoms with E-state index in [0.29, 0.717) is 26.2 Å². The average molecular weight is 295 g/mol. The van der Waals surface area contributed by atoms with E-state index in [-0.39, 0.29) is 18.2 Å². The van der Waals surface area contributed by atoms with Crippen LogP contribution in [0.4, 0.5) is 0 Å². The lowest BCUT2D eigenvalue weighted by molar-refractivity contribution is -0.198. The van der Waals surface area contributed by atoms with E-state index in [9.17, 15) is 9.59 Å². The first-order valence-corrected chi connectivity index (χ1v) is 7.66. The van der Waals surface area contributed by atoms with Gasteiger partial charge in [-0.15, -0.1) is 0 Å².